The topological polar surface area (TPSA) is 84.5 Å². The van der Waals surface area contributed by atoms with E-state index in [2.05, 4.69) is 10.0 Å². The maximum atomic E-state index is 12.0. The molecule has 0 radical (unpaired) electrons. The number of hydrogen-bond donors (Lipinski definition) is 2. The van der Waals surface area contributed by atoms with Crippen LogP contribution in [-0.4, -0.2) is 27.7 Å². The lowest BCUT2D eigenvalue weighted by Gasteiger charge is -2.08. The Kier molecular flexibility index (Phi) is 5.23. The van der Waals surface area contributed by atoms with Crippen molar-refractivity contribution in [1.82, 2.24) is 0 Å². The molecule has 0 aliphatic heterocycles. The third-order valence-corrected chi connectivity index (χ3v) is 3.60. The van der Waals surface area contributed by atoms with E-state index in [-0.39, 0.29) is 12.3 Å². The Hall–Kier alpha value is -2.54. The fourth-order valence-corrected chi connectivity index (χ4v) is 2.53. The van der Waals surface area contributed by atoms with E-state index in [1.807, 2.05) is 12.1 Å². The number of methoxy groups -OCH3 is 1. The molecule has 0 bridgehead atoms. The predicted molar refractivity (Wildman–Crippen MR) is 90.2 cm³/mol. The molecule has 1 amide bonds. The molecule has 0 saturated heterocycles. The fourth-order valence-electron chi connectivity index (χ4n) is 1.97. The minimum absolute atomic E-state index is 0.154. The van der Waals surface area contributed by atoms with Gasteiger partial charge in [0, 0.05) is 11.4 Å². The molecule has 2 rings (SSSR count). The van der Waals surface area contributed by atoms with Gasteiger partial charge < -0.3 is 10.1 Å². The van der Waals surface area contributed by atoms with Gasteiger partial charge in [-0.25, -0.2) is 8.42 Å². The van der Waals surface area contributed by atoms with Crippen LogP contribution in [-0.2, 0) is 21.2 Å². The summed E-state index contributed by atoms with van der Waals surface area (Å²) in [5.74, 6) is 0.585. The Bertz CT molecular complexity index is 769. The van der Waals surface area contributed by atoms with Crippen LogP contribution >= 0.6 is 0 Å². The van der Waals surface area contributed by atoms with E-state index < -0.39 is 10.0 Å². The van der Waals surface area contributed by atoms with Crippen LogP contribution in [0, 0.1) is 0 Å². The summed E-state index contributed by atoms with van der Waals surface area (Å²) >= 11 is 0. The molecule has 0 spiro atoms. The molecule has 2 aromatic carbocycles. The molecule has 0 unspecified atom stereocenters. The molecule has 0 aliphatic carbocycles. The number of rotatable bonds is 6. The number of carbonyl (C=O) groups is 1. The van der Waals surface area contributed by atoms with Crippen LogP contribution in [0.2, 0.25) is 0 Å². The maximum absolute atomic E-state index is 12.0. The van der Waals surface area contributed by atoms with Crippen LogP contribution < -0.4 is 14.8 Å². The van der Waals surface area contributed by atoms with Crippen LogP contribution in [0.4, 0.5) is 11.4 Å². The van der Waals surface area contributed by atoms with Gasteiger partial charge in [-0.2, -0.15) is 0 Å². The summed E-state index contributed by atoms with van der Waals surface area (Å²) in [6.07, 6.45) is 1.32. The lowest BCUT2D eigenvalue weighted by atomic mass is 10.1. The lowest BCUT2D eigenvalue weighted by Crippen LogP contribution is -2.14. The molecular formula is C16H18N2O4S. The molecule has 0 aliphatic rings. The second-order valence-electron chi connectivity index (χ2n) is 5.02. The molecule has 0 saturated carbocycles. The number of sulfonamides is 1. The minimum Gasteiger partial charge on any atom is -0.497 e. The summed E-state index contributed by atoms with van der Waals surface area (Å²) in [6.45, 7) is 0. The SMILES string of the molecule is COc1ccc(CC(=O)Nc2ccc(NS(C)(=O)=O)cc2)cc1. The highest BCUT2D eigenvalue weighted by molar-refractivity contribution is 7.92. The van der Waals surface area contributed by atoms with Crippen LogP contribution in [0.15, 0.2) is 48.5 Å². The largest absolute Gasteiger partial charge is 0.497 e. The maximum Gasteiger partial charge on any atom is 0.229 e. The number of hydrogen-bond acceptors (Lipinski definition) is 4. The molecule has 0 aromatic heterocycles. The van der Waals surface area contributed by atoms with Gasteiger partial charge in [0.15, 0.2) is 0 Å². The number of benzene rings is 2. The Morgan fingerprint density at radius 3 is 2.09 bits per heavy atom. The number of ether oxygens (including phenoxy) is 1. The van der Waals surface area contributed by atoms with Gasteiger partial charge in [-0.05, 0) is 42.0 Å². The van der Waals surface area contributed by atoms with Crippen molar-refractivity contribution in [3.05, 3.63) is 54.1 Å². The molecular weight excluding hydrogens is 316 g/mol. The Morgan fingerprint density at radius 1 is 1.00 bits per heavy atom. The first-order valence-corrected chi connectivity index (χ1v) is 8.75. The standard InChI is InChI=1S/C16H18N2O4S/c1-22-15-9-3-12(4-10-15)11-16(19)17-13-5-7-14(8-6-13)18-23(2,20)21/h3-10,18H,11H2,1-2H3,(H,17,19). The monoisotopic (exact) mass is 334 g/mol. The van der Waals surface area contributed by atoms with Gasteiger partial charge in [0.25, 0.3) is 0 Å². The van der Waals surface area contributed by atoms with Gasteiger partial charge >= 0.3 is 0 Å². The predicted octanol–water partition coefficient (Wildman–Crippen LogP) is 2.25. The van der Waals surface area contributed by atoms with Crippen LogP contribution in [0.5, 0.6) is 5.75 Å². The Labute approximate surface area is 135 Å². The summed E-state index contributed by atoms with van der Waals surface area (Å²) in [7, 11) is -1.72. The summed E-state index contributed by atoms with van der Waals surface area (Å²) < 4.78 is 29.7. The average Bonchev–Trinajstić information content (AvgIpc) is 2.48. The summed E-state index contributed by atoms with van der Waals surface area (Å²) in [5, 5.41) is 2.76. The van der Waals surface area contributed by atoms with E-state index in [1.54, 1.807) is 43.5 Å². The zero-order valence-electron chi connectivity index (χ0n) is 12.9. The molecule has 2 N–H and O–H groups in total. The van der Waals surface area contributed by atoms with Gasteiger partial charge in [0.2, 0.25) is 15.9 Å². The highest BCUT2D eigenvalue weighted by atomic mass is 32.2. The van der Waals surface area contributed by atoms with E-state index in [1.165, 1.54) is 0 Å². The Morgan fingerprint density at radius 2 is 1.57 bits per heavy atom. The van der Waals surface area contributed by atoms with Crippen LogP contribution in [0.1, 0.15) is 5.56 Å². The van der Waals surface area contributed by atoms with Crippen molar-refractivity contribution in [2.75, 3.05) is 23.4 Å². The van der Waals surface area contributed by atoms with Gasteiger partial charge in [-0.15, -0.1) is 0 Å². The van der Waals surface area contributed by atoms with E-state index >= 15 is 0 Å². The number of anilines is 2. The highest BCUT2D eigenvalue weighted by Crippen LogP contribution is 2.16. The van der Waals surface area contributed by atoms with Gasteiger partial charge in [0.1, 0.15) is 5.75 Å². The second-order valence-corrected chi connectivity index (χ2v) is 6.77. The second kappa shape index (κ2) is 7.15. The summed E-state index contributed by atoms with van der Waals surface area (Å²) in [4.78, 5) is 12.0. The van der Waals surface area contributed by atoms with Crippen molar-refractivity contribution in [3.63, 3.8) is 0 Å². The number of amides is 1. The van der Waals surface area contributed by atoms with Crippen molar-refractivity contribution in [2.45, 2.75) is 6.42 Å². The van der Waals surface area contributed by atoms with Crippen molar-refractivity contribution in [1.29, 1.82) is 0 Å². The minimum atomic E-state index is -3.31. The molecule has 0 heterocycles. The van der Waals surface area contributed by atoms with Crippen LogP contribution in [0.25, 0.3) is 0 Å². The van der Waals surface area contributed by atoms with E-state index in [0.717, 1.165) is 17.6 Å². The molecule has 0 fully saturated rings. The zero-order chi connectivity index (χ0) is 16.9. The molecule has 2 aromatic rings. The summed E-state index contributed by atoms with van der Waals surface area (Å²) in [6, 6.07) is 13.7. The van der Waals surface area contributed by atoms with Crippen molar-refractivity contribution >= 4 is 27.3 Å². The zero-order valence-corrected chi connectivity index (χ0v) is 13.7. The van der Waals surface area contributed by atoms with Crippen molar-refractivity contribution in [3.8, 4) is 5.75 Å². The van der Waals surface area contributed by atoms with Gasteiger partial charge in [-0.1, -0.05) is 12.1 Å². The normalized spacial score (nSPS) is 10.9. The third kappa shape index (κ3) is 5.63. The van der Waals surface area contributed by atoms with Gasteiger partial charge in [0.05, 0.1) is 19.8 Å². The smallest absolute Gasteiger partial charge is 0.229 e. The van der Waals surface area contributed by atoms with Crippen LogP contribution in [0.3, 0.4) is 0 Å². The average molecular weight is 334 g/mol. The van der Waals surface area contributed by atoms with E-state index in [0.29, 0.717) is 11.4 Å². The van der Waals surface area contributed by atoms with E-state index in [4.69, 9.17) is 4.74 Å². The van der Waals surface area contributed by atoms with Gasteiger partial charge in [-0.3, -0.25) is 9.52 Å². The first kappa shape index (κ1) is 16.8. The molecule has 122 valence electrons. The number of nitrogens with one attached hydrogen (secondary N) is 2. The molecule has 7 heteroatoms. The number of carbonyl (C=O) groups excluding carboxylic acids is 1. The molecule has 23 heavy (non-hydrogen) atoms. The molecule has 6 nitrogen and oxygen atoms in total. The van der Waals surface area contributed by atoms with E-state index in [9.17, 15) is 13.2 Å². The summed E-state index contributed by atoms with van der Waals surface area (Å²) in [5.41, 5.74) is 1.92. The van der Waals surface area contributed by atoms with Crippen molar-refractivity contribution in [2.24, 2.45) is 0 Å². The lowest BCUT2D eigenvalue weighted by molar-refractivity contribution is -0.115. The first-order valence-electron chi connectivity index (χ1n) is 6.86. The Balaban J connectivity index is 1.94. The third-order valence-electron chi connectivity index (χ3n) is 3.00. The quantitative estimate of drug-likeness (QED) is 0.848. The molecule has 0 atom stereocenters. The fraction of sp³-hybridized carbons (Fsp3) is 0.188. The van der Waals surface area contributed by atoms with Crippen molar-refractivity contribution < 1.29 is 17.9 Å². The first-order chi connectivity index (χ1) is 10.9. The highest BCUT2D eigenvalue weighted by Gasteiger charge is 2.06.